The summed E-state index contributed by atoms with van der Waals surface area (Å²) in [6, 6.07) is 16.1. The van der Waals surface area contributed by atoms with Crippen molar-refractivity contribution in [1.82, 2.24) is 29.8 Å². The van der Waals surface area contributed by atoms with Crippen molar-refractivity contribution in [1.29, 1.82) is 0 Å². The maximum Gasteiger partial charge on any atom is 0.227 e. The Morgan fingerprint density at radius 2 is 1.92 bits per heavy atom. The van der Waals surface area contributed by atoms with Gasteiger partial charge in [0.25, 0.3) is 0 Å². The summed E-state index contributed by atoms with van der Waals surface area (Å²) in [5.74, 6) is 1.01. The van der Waals surface area contributed by atoms with Gasteiger partial charge in [0.2, 0.25) is 5.91 Å². The van der Waals surface area contributed by atoms with Crippen LogP contribution in [0.15, 0.2) is 54.7 Å². The average molecular weight is 487 g/mol. The summed E-state index contributed by atoms with van der Waals surface area (Å²) < 4.78 is 13.4. The van der Waals surface area contributed by atoms with E-state index in [0.29, 0.717) is 19.6 Å². The highest BCUT2D eigenvalue weighted by atomic mass is 16.5. The van der Waals surface area contributed by atoms with Crippen molar-refractivity contribution >= 4 is 16.8 Å². The Balaban J connectivity index is 1.03. The predicted molar refractivity (Wildman–Crippen MR) is 134 cm³/mol. The first-order valence-corrected chi connectivity index (χ1v) is 12.4. The molecule has 36 heavy (non-hydrogen) atoms. The molecule has 0 unspecified atom stereocenters. The molecule has 1 fully saturated rings. The fourth-order valence-corrected chi connectivity index (χ4v) is 5.13. The molecule has 4 heterocycles. The maximum absolute atomic E-state index is 13.0. The lowest BCUT2D eigenvalue weighted by Gasteiger charge is -2.34. The normalized spacial score (nSPS) is 18.4. The first-order chi connectivity index (χ1) is 17.7. The third kappa shape index (κ3) is 4.47. The summed E-state index contributed by atoms with van der Waals surface area (Å²) in [5.41, 5.74) is 5.23. The summed E-state index contributed by atoms with van der Waals surface area (Å²) in [5, 5.41) is 10.0. The van der Waals surface area contributed by atoms with E-state index < -0.39 is 0 Å². The minimum Gasteiger partial charge on any atom is -0.497 e. The molecule has 0 radical (unpaired) electrons. The molecule has 186 valence electrons. The first kappa shape index (κ1) is 22.8. The molecule has 1 amide bonds. The molecule has 0 spiro atoms. The SMILES string of the molecule is COc1ccc([C@H]2Cn3nnc(CN4CCN(C(=O)Cc5c[nH]c6ccccc56)CC4)c3CO2)cc1. The average Bonchev–Trinajstić information content (AvgIpc) is 3.53. The number of piperazine rings is 1. The van der Waals surface area contributed by atoms with Crippen molar-refractivity contribution in [3.8, 4) is 5.75 Å². The number of H-pyrrole nitrogens is 1. The zero-order chi connectivity index (χ0) is 24.5. The van der Waals surface area contributed by atoms with Gasteiger partial charge in [0.1, 0.15) is 17.5 Å². The second-order valence-corrected chi connectivity index (χ2v) is 9.43. The third-order valence-electron chi connectivity index (χ3n) is 7.28. The molecule has 9 nitrogen and oxygen atoms in total. The van der Waals surface area contributed by atoms with Crippen LogP contribution in [0.5, 0.6) is 5.75 Å². The van der Waals surface area contributed by atoms with E-state index in [1.165, 1.54) is 0 Å². The van der Waals surface area contributed by atoms with Gasteiger partial charge in [0, 0.05) is 49.8 Å². The number of ether oxygens (including phenoxy) is 2. The number of nitrogens with zero attached hydrogens (tertiary/aromatic N) is 5. The number of hydrogen-bond donors (Lipinski definition) is 1. The van der Waals surface area contributed by atoms with Gasteiger partial charge < -0.3 is 19.4 Å². The largest absolute Gasteiger partial charge is 0.497 e. The van der Waals surface area contributed by atoms with E-state index in [1.54, 1.807) is 7.11 Å². The standard InChI is InChI=1S/C27H30N6O3/c1-35-21-8-6-19(7-9-21)26-17-33-25(18-36-26)24(29-30-33)16-31-10-12-32(13-11-31)27(34)14-20-15-28-23-5-3-2-4-22(20)23/h2-9,15,26,28H,10-14,16-18H2,1H3/t26-/m1/s1. The van der Waals surface area contributed by atoms with Crippen LogP contribution in [0.25, 0.3) is 10.9 Å². The molecule has 2 aliphatic heterocycles. The quantitative estimate of drug-likeness (QED) is 0.451. The molecule has 0 saturated carbocycles. The number of nitrogens with one attached hydrogen (secondary N) is 1. The lowest BCUT2D eigenvalue weighted by atomic mass is 10.1. The van der Waals surface area contributed by atoms with Gasteiger partial charge in [-0.05, 0) is 29.3 Å². The minimum absolute atomic E-state index is 0.0512. The van der Waals surface area contributed by atoms with E-state index in [9.17, 15) is 4.79 Å². The van der Waals surface area contributed by atoms with E-state index in [4.69, 9.17) is 9.47 Å². The smallest absolute Gasteiger partial charge is 0.227 e. The van der Waals surface area contributed by atoms with Crippen LogP contribution in [-0.2, 0) is 35.6 Å². The first-order valence-electron chi connectivity index (χ1n) is 12.4. The molecule has 4 aromatic rings. The second kappa shape index (κ2) is 9.75. The Hall–Kier alpha value is -3.69. The summed E-state index contributed by atoms with van der Waals surface area (Å²) in [4.78, 5) is 20.5. The lowest BCUT2D eigenvalue weighted by Crippen LogP contribution is -2.48. The van der Waals surface area contributed by atoms with Crippen molar-refractivity contribution in [3.63, 3.8) is 0 Å². The number of aromatic nitrogens is 4. The number of amides is 1. The van der Waals surface area contributed by atoms with Gasteiger partial charge in [-0.15, -0.1) is 5.10 Å². The van der Waals surface area contributed by atoms with Gasteiger partial charge in [0.15, 0.2) is 0 Å². The van der Waals surface area contributed by atoms with Gasteiger partial charge >= 0.3 is 0 Å². The summed E-state index contributed by atoms with van der Waals surface area (Å²) in [6.45, 7) is 4.94. The molecule has 2 aromatic heterocycles. The molecule has 1 atom stereocenters. The molecule has 9 heteroatoms. The molecule has 2 aromatic carbocycles. The van der Waals surface area contributed by atoms with Crippen molar-refractivity contribution < 1.29 is 14.3 Å². The van der Waals surface area contributed by atoms with Crippen LogP contribution in [0.2, 0.25) is 0 Å². The molecular formula is C27H30N6O3. The highest BCUT2D eigenvalue weighted by Gasteiger charge is 2.27. The Kier molecular flexibility index (Phi) is 6.16. The zero-order valence-electron chi connectivity index (χ0n) is 20.4. The lowest BCUT2D eigenvalue weighted by molar-refractivity contribution is -0.132. The molecule has 2 aliphatic rings. The number of fused-ring (bicyclic) bond motifs is 2. The van der Waals surface area contributed by atoms with Crippen molar-refractivity contribution in [2.75, 3.05) is 33.3 Å². The molecule has 0 bridgehead atoms. The third-order valence-corrected chi connectivity index (χ3v) is 7.28. The van der Waals surface area contributed by atoms with E-state index in [2.05, 4.69) is 26.3 Å². The number of carbonyl (C=O) groups is 1. The monoisotopic (exact) mass is 486 g/mol. The fraction of sp³-hybridized carbons (Fsp3) is 0.370. The Morgan fingerprint density at radius 3 is 2.72 bits per heavy atom. The Labute approximate surface area is 209 Å². The Morgan fingerprint density at radius 1 is 1.11 bits per heavy atom. The van der Waals surface area contributed by atoms with Crippen LogP contribution in [-0.4, -0.2) is 69.0 Å². The number of benzene rings is 2. The summed E-state index contributed by atoms with van der Waals surface area (Å²) in [7, 11) is 1.66. The van der Waals surface area contributed by atoms with Gasteiger partial charge in [-0.25, -0.2) is 4.68 Å². The Bertz CT molecular complexity index is 1350. The molecule has 6 rings (SSSR count). The fourth-order valence-electron chi connectivity index (χ4n) is 5.13. The second-order valence-electron chi connectivity index (χ2n) is 9.43. The van der Waals surface area contributed by atoms with E-state index in [-0.39, 0.29) is 12.0 Å². The number of hydrogen-bond acceptors (Lipinski definition) is 6. The number of para-hydroxylation sites is 1. The van der Waals surface area contributed by atoms with E-state index in [0.717, 1.165) is 71.9 Å². The number of rotatable bonds is 6. The van der Waals surface area contributed by atoms with Crippen molar-refractivity contribution in [2.24, 2.45) is 0 Å². The summed E-state index contributed by atoms with van der Waals surface area (Å²) in [6.07, 6.45) is 2.33. The van der Waals surface area contributed by atoms with Gasteiger partial charge in [-0.1, -0.05) is 35.5 Å². The molecule has 1 saturated heterocycles. The zero-order valence-corrected chi connectivity index (χ0v) is 20.4. The van der Waals surface area contributed by atoms with Crippen LogP contribution in [0.1, 0.15) is 28.6 Å². The molecule has 1 N–H and O–H groups in total. The number of carbonyl (C=O) groups excluding carboxylic acids is 1. The highest BCUT2D eigenvalue weighted by Crippen LogP contribution is 2.28. The highest BCUT2D eigenvalue weighted by molar-refractivity contribution is 5.88. The van der Waals surface area contributed by atoms with Gasteiger partial charge in [0.05, 0.1) is 32.4 Å². The predicted octanol–water partition coefficient (Wildman–Crippen LogP) is 2.93. The van der Waals surface area contributed by atoms with Gasteiger partial charge in [-0.3, -0.25) is 9.69 Å². The number of aromatic amines is 1. The molecule has 0 aliphatic carbocycles. The summed E-state index contributed by atoms with van der Waals surface area (Å²) >= 11 is 0. The minimum atomic E-state index is -0.0512. The number of methoxy groups -OCH3 is 1. The topological polar surface area (TPSA) is 88.5 Å². The van der Waals surface area contributed by atoms with Crippen molar-refractivity contribution in [3.05, 3.63) is 77.2 Å². The van der Waals surface area contributed by atoms with Crippen LogP contribution >= 0.6 is 0 Å². The van der Waals surface area contributed by atoms with Crippen LogP contribution in [0.3, 0.4) is 0 Å². The van der Waals surface area contributed by atoms with Crippen molar-refractivity contribution in [2.45, 2.75) is 32.2 Å². The van der Waals surface area contributed by atoms with E-state index >= 15 is 0 Å². The molecular weight excluding hydrogens is 456 g/mol. The van der Waals surface area contributed by atoms with Crippen LogP contribution in [0, 0.1) is 0 Å². The maximum atomic E-state index is 13.0. The van der Waals surface area contributed by atoms with Crippen LogP contribution < -0.4 is 4.74 Å². The van der Waals surface area contributed by atoms with Crippen LogP contribution in [0.4, 0.5) is 0 Å². The van der Waals surface area contributed by atoms with Gasteiger partial charge in [-0.2, -0.15) is 0 Å². The van der Waals surface area contributed by atoms with E-state index in [1.807, 2.05) is 58.2 Å².